The van der Waals surface area contributed by atoms with Crippen LogP contribution in [0.2, 0.25) is 0 Å². The lowest BCUT2D eigenvalue weighted by molar-refractivity contribution is -0.125. The molecular formula is C19H21N7O. The molecule has 4 rings (SSSR count). The Labute approximate surface area is 157 Å². The summed E-state index contributed by atoms with van der Waals surface area (Å²) in [7, 11) is 0. The molecule has 0 aliphatic carbocycles. The summed E-state index contributed by atoms with van der Waals surface area (Å²) in [4.78, 5) is 19.3. The van der Waals surface area contributed by atoms with E-state index in [9.17, 15) is 4.79 Å². The lowest BCUT2D eigenvalue weighted by atomic mass is 10.2. The molecule has 0 spiro atoms. The van der Waals surface area contributed by atoms with Crippen LogP contribution in [0.3, 0.4) is 0 Å². The number of likely N-dealkylation sites (tertiary alicyclic amines) is 1. The van der Waals surface area contributed by atoms with E-state index in [4.69, 9.17) is 0 Å². The molecule has 27 heavy (non-hydrogen) atoms. The highest BCUT2D eigenvalue weighted by molar-refractivity contribution is 5.81. The van der Waals surface area contributed by atoms with Gasteiger partial charge in [0.25, 0.3) is 0 Å². The third-order valence-corrected chi connectivity index (χ3v) is 4.71. The average molecular weight is 363 g/mol. The maximum atomic E-state index is 12.7. The molecule has 1 atom stereocenters. The lowest BCUT2D eigenvalue weighted by Crippen LogP contribution is -2.43. The van der Waals surface area contributed by atoms with Crippen molar-refractivity contribution in [1.29, 1.82) is 0 Å². The van der Waals surface area contributed by atoms with Gasteiger partial charge in [0.2, 0.25) is 5.91 Å². The first-order chi connectivity index (χ1) is 13.3. The zero-order valence-electron chi connectivity index (χ0n) is 14.9. The van der Waals surface area contributed by atoms with Gasteiger partial charge in [0.05, 0.1) is 24.0 Å². The van der Waals surface area contributed by atoms with Gasteiger partial charge in [-0.25, -0.2) is 0 Å². The quantitative estimate of drug-likeness (QED) is 0.711. The van der Waals surface area contributed by atoms with E-state index in [0.29, 0.717) is 12.4 Å². The lowest BCUT2D eigenvalue weighted by Gasteiger charge is -2.23. The van der Waals surface area contributed by atoms with Crippen molar-refractivity contribution < 1.29 is 4.79 Å². The first-order valence-corrected chi connectivity index (χ1v) is 9.05. The van der Waals surface area contributed by atoms with Crippen LogP contribution in [0, 0.1) is 0 Å². The standard InChI is InChI=1S/C19H21N7O/c27-19(17-10-6-12-25(17)14-15-7-4-5-11-20-15)21-13-18-22-23-24-26(18)16-8-2-1-3-9-16/h1-5,7-9,11,17H,6,10,12-14H2,(H,21,27). The number of nitrogens with zero attached hydrogens (tertiary/aromatic N) is 6. The largest absolute Gasteiger partial charge is 0.347 e. The minimum atomic E-state index is -0.145. The van der Waals surface area contributed by atoms with Crippen LogP contribution < -0.4 is 5.32 Å². The third-order valence-electron chi connectivity index (χ3n) is 4.71. The van der Waals surface area contributed by atoms with E-state index in [0.717, 1.165) is 30.8 Å². The second-order valence-corrected chi connectivity index (χ2v) is 6.51. The Kier molecular flexibility index (Phi) is 5.15. The summed E-state index contributed by atoms with van der Waals surface area (Å²) in [5.41, 5.74) is 1.84. The number of benzene rings is 1. The molecule has 1 amide bonds. The summed E-state index contributed by atoms with van der Waals surface area (Å²) in [5.74, 6) is 0.606. The van der Waals surface area contributed by atoms with Crippen molar-refractivity contribution in [1.82, 2.24) is 35.4 Å². The van der Waals surface area contributed by atoms with Crippen LogP contribution in [-0.4, -0.2) is 48.6 Å². The molecule has 0 bridgehead atoms. The number of carbonyl (C=O) groups excluding carboxylic acids is 1. The fraction of sp³-hybridized carbons (Fsp3) is 0.316. The SMILES string of the molecule is O=C(NCc1nnnn1-c1ccccc1)C1CCCN1Cc1ccccn1. The summed E-state index contributed by atoms with van der Waals surface area (Å²) in [6.45, 7) is 1.87. The molecule has 1 fully saturated rings. The summed E-state index contributed by atoms with van der Waals surface area (Å²) in [5, 5.41) is 14.8. The molecule has 1 aromatic carbocycles. The highest BCUT2D eigenvalue weighted by Gasteiger charge is 2.30. The molecule has 0 saturated carbocycles. The van der Waals surface area contributed by atoms with Crippen molar-refractivity contribution in [2.75, 3.05) is 6.54 Å². The van der Waals surface area contributed by atoms with Crippen LogP contribution in [0.5, 0.6) is 0 Å². The Morgan fingerprint density at radius 2 is 2.00 bits per heavy atom. The molecule has 1 unspecified atom stereocenters. The number of amides is 1. The number of hydrogen-bond acceptors (Lipinski definition) is 6. The molecule has 3 aromatic rings. The number of para-hydroxylation sites is 1. The average Bonchev–Trinajstić information content (AvgIpc) is 3.37. The summed E-state index contributed by atoms with van der Waals surface area (Å²) < 4.78 is 1.64. The van der Waals surface area contributed by atoms with Crippen molar-refractivity contribution in [3.63, 3.8) is 0 Å². The molecule has 138 valence electrons. The molecule has 8 nitrogen and oxygen atoms in total. The van der Waals surface area contributed by atoms with Crippen molar-refractivity contribution in [2.24, 2.45) is 0 Å². The van der Waals surface area contributed by atoms with Crippen LogP contribution in [0.25, 0.3) is 5.69 Å². The zero-order chi connectivity index (χ0) is 18.5. The van der Waals surface area contributed by atoms with Gasteiger partial charge >= 0.3 is 0 Å². The van der Waals surface area contributed by atoms with Crippen LogP contribution >= 0.6 is 0 Å². The second-order valence-electron chi connectivity index (χ2n) is 6.51. The fourth-order valence-corrected chi connectivity index (χ4v) is 3.38. The van der Waals surface area contributed by atoms with Crippen molar-refractivity contribution in [2.45, 2.75) is 32.0 Å². The van der Waals surface area contributed by atoms with E-state index in [1.165, 1.54) is 0 Å². The van der Waals surface area contributed by atoms with Gasteiger partial charge in [-0.3, -0.25) is 14.7 Å². The zero-order valence-corrected chi connectivity index (χ0v) is 14.9. The first-order valence-electron chi connectivity index (χ1n) is 9.05. The highest BCUT2D eigenvalue weighted by Crippen LogP contribution is 2.19. The van der Waals surface area contributed by atoms with E-state index in [2.05, 4.69) is 30.7 Å². The number of aromatic nitrogens is 5. The maximum absolute atomic E-state index is 12.7. The molecule has 2 aromatic heterocycles. The van der Waals surface area contributed by atoms with Crippen molar-refractivity contribution >= 4 is 5.91 Å². The van der Waals surface area contributed by atoms with Crippen molar-refractivity contribution in [3.8, 4) is 5.69 Å². The second kappa shape index (κ2) is 8.05. The number of nitrogens with one attached hydrogen (secondary N) is 1. The molecule has 1 saturated heterocycles. The molecule has 8 heteroatoms. The number of tetrazole rings is 1. The van der Waals surface area contributed by atoms with E-state index in [-0.39, 0.29) is 18.5 Å². The predicted molar refractivity (Wildman–Crippen MR) is 98.7 cm³/mol. The molecule has 3 heterocycles. The molecule has 0 radical (unpaired) electrons. The van der Waals surface area contributed by atoms with Crippen LogP contribution in [0.15, 0.2) is 54.7 Å². The highest BCUT2D eigenvalue weighted by atomic mass is 16.2. The van der Waals surface area contributed by atoms with E-state index in [1.807, 2.05) is 48.5 Å². The van der Waals surface area contributed by atoms with Gasteiger partial charge in [-0.15, -0.1) is 5.10 Å². The van der Waals surface area contributed by atoms with Gasteiger partial charge in [-0.1, -0.05) is 24.3 Å². The number of pyridine rings is 1. The summed E-state index contributed by atoms with van der Waals surface area (Å²) >= 11 is 0. The topological polar surface area (TPSA) is 88.8 Å². The predicted octanol–water partition coefficient (Wildman–Crippen LogP) is 1.34. The molecule has 1 aliphatic rings. The summed E-state index contributed by atoms with van der Waals surface area (Å²) in [6, 6.07) is 15.3. The Bertz CT molecular complexity index is 881. The van der Waals surface area contributed by atoms with Gasteiger partial charge in [0.15, 0.2) is 5.82 Å². The van der Waals surface area contributed by atoms with Gasteiger partial charge in [0.1, 0.15) is 0 Å². The Balaban J connectivity index is 1.39. The normalized spacial score (nSPS) is 17.1. The molecule has 1 aliphatic heterocycles. The molecular weight excluding hydrogens is 342 g/mol. The smallest absolute Gasteiger partial charge is 0.237 e. The van der Waals surface area contributed by atoms with E-state index in [1.54, 1.807) is 10.9 Å². The van der Waals surface area contributed by atoms with Gasteiger partial charge < -0.3 is 5.32 Å². The number of carbonyl (C=O) groups is 1. The Morgan fingerprint density at radius 1 is 1.15 bits per heavy atom. The monoisotopic (exact) mass is 363 g/mol. The van der Waals surface area contributed by atoms with Crippen LogP contribution in [0.1, 0.15) is 24.4 Å². The van der Waals surface area contributed by atoms with Gasteiger partial charge in [-0.05, 0) is 54.1 Å². The fourth-order valence-electron chi connectivity index (χ4n) is 3.38. The summed E-state index contributed by atoms with van der Waals surface area (Å²) in [6.07, 6.45) is 3.64. The van der Waals surface area contributed by atoms with Gasteiger partial charge in [0, 0.05) is 12.7 Å². The third kappa shape index (κ3) is 4.01. The minimum absolute atomic E-state index is 0.00560. The van der Waals surface area contributed by atoms with E-state index < -0.39 is 0 Å². The number of hydrogen-bond donors (Lipinski definition) is 1. The van der Waals surface area contributed by atoms with Crippen molar-refractivity contribution in [3.05, 3.63) is 66.2 Å². The van der Waals surface area contributed by atoms with Gasteiger partial charge in [-0.2, -0.15) is 4.68 Å². The Morgan fingerprint density at radius 3 is 2.81 bits per heavy atom. The Hall–Kier alpha value is -3.13. The van der Waals surface area contributed by atoms with E-state index >= 15 is 0 Å². The van der Waals surface area contributed by atoms with Crippen LogP contribution in [-0.2, 0) is 17.9 Å². The maximum Gasteiger partial charge on any atom is 0.237 e. The number of rotatable bonds is 6. The minimum Gasteiger partial charge on any atom is -0.347 e. The first kappa shape index (κ1) is 17.3. The van der Waals surface area contributed by atoms with Crippen LogP contribution in [0.4, 0.5) is 0 Å². The molecule has 1 N–H and O–H groups in total.